The minimum atomic E-state index is -0.642. The van der Waals surface area contributed by atoms with E-state index in [4.69, 9.17) is 9.84 Å². The molecular formula is C11H18N4O5. The minimum Gasteiger partial charge on any atom is -0.444 e. The Morgan fingerprint density at radius 1 is 1.60 bits per heavy atom. The quantitative estimate of drug-likeness (QED) is 0.610. The van der Waals surface area contributed by atoms with Crippen molar-refractivity contribution in [3.05, 3.63) is 21.9 Å². The van der Waals surface area contributed by atoms with Gasteiger partial charge >= 0.3 is 11.9 Å². The first-order valence-corrected chi connectivity index (χ1v) is 6.02. The van der Waals surface area contributed by atoms with E-state index in [0.717, 1.165) is 0 Å². The van der Waals surface area contributed by atoms with Crippen LogP contribution in [0.5, 0.6) is 0 Å². The Balaban J connectivity index is 2.53. The van der Waals surface area contributed by atoms with Crippen LogP contribution in [0.25, 0.3) is 0 Å². The lowest BCUT2D eigenvalue weighted by molar-refractivity contribution is -0.389. The van der Waals surface area contributed by atoms with Crippen molar-refractivity contribution in [1.29, 1.82) is 0 Å². The maximum atomic E-state index is 11.4. The van der Waals surface area contributed by atoms with Gasteiger partial charge in [0.1, 0.15) is 5.60 Å². The van der Waals surface area contributed by atoms with Gasteiger partial charge in [0.2, 0.25) is 0 Å². The summed E-state index contributed by atoms with van der Waals surface area (Å²) in [4.78, 5) is 21.3. The number of nitrogens with one attached hydrogen (secondary N) is 1. The molecule has 20 heavy (non-hydrogen) atoms. The summed E-state index contributed by atoms with van der Waals surface area (Å²) in [6.07, 6.45) is -0.579. The standard InChI is InChI=1S/C11H18N4O5/c1-11(2,3)20-10(17)12-4-5-14-8(7-16)6-9(13-14)15(18)19/h6,16H,4-5,7H2,1-3H3,(H,12,17). The summed E-state index contributed by atoms with van der Waals surface area (Å²) in [6, 6.07) is 1.19. The number of nitro groups is 1. The average Bonchev–Trinajstić information content (AvgIpc) is 2.70. The van der Waals surface area contributed by atoms with E-state index in [1.165, 1.54) is 10.7 Å². The first kappa shape index (κ1) is 15.9. The highest BCUT2D eigenvalue weighted by molar-refractivity contribution is 5.67. The van der Waals surface area contributed by atoms with Crippen molar-refractivity contribution in [2.45, 2.75) is 39.5 Å². The number of amides is 1. The molecule has 0 spiro atoms. The third kappa shape index (κ3) is 4.84. The lowest BCUT2D eigenvalue weighted by atomic mass is 10.2. The van der Waals surface area contributed by atoms with Crippen LogP contribution in [0.4, 0.5) is 10.6 Å². The van der Waals surface area contributed by atoms with E-state index in [9.17, 15) is 14.9 Å². The van der Waals surface area contributed by atoms with E-state index in [0.29, 0.717) is 5.69 Å². The Hall–Kier alpha value is -2.16. The van der Waals surface area contributed by atoms with Crippen LogP contribution in [0, 0.1) is 10.1 Å². The number of aromatic nitrogens is 2. The van der Waals surface area contributed by atoms with Crippen LogP contribution >= 0.6 is 0 Å². The molecule has 1 aromatic heterocycles. The fourth-order valence-corrected chi connectivity index (χ4v) is 1.43. The van der Waals surface area contributed by atoms with Crippen molar-refractivity contribution in [2.24, 2.45) is 0 Å². The van der Waals surface area contributed by atoms with E-state index in [1.807, 2.05) is 0 Å². The Labute approximate surface area is 115 Å². The predicted molar refractivity (Wildman–Crippen MR) is 69.0 cm³/mol. The van der Waals surface area contributed by atoms with E-state index in [1.54, 1.807) is 20.8 Å². The highest BCUT2D eigenvalue weighted by atomic mass is 16.6. The summed E-state index contributed by atoms with van der Waals surface area (Å²) in [7, 11) is 0. The molecule has 0 atom stereocenters. The Morgan fingerprint density at radius 2 is 2.25 bits per heavy atom. The molecule has 0 saturated heterocycles. The van der Waals surface area contributed by atoms with Crippen LogP contribution in [0.3, 0.4) is 0 Å². The van der Waals surface area contributed by atoms with Crippen LogP contribution in [0.15, 0.2) is 6.07 Å². The number of carbonyl (C=O) groups excluding carboxylic acids is 1. The number of alkyl carbamates (subject to hydrolysis) is 1. The van der Waals surface area contributed by atoms with Gasteiger partial charge in [-0.25, -0.2) is 4.79 Å². The van der Waals surface area contributed by atoms with E-state index < -0.39 is 16.6 Å². The molecule has 1 amide bonds. The van der Waals surface area contributed by atoms with Gasteiger partial charge in [-0.2, -0.15) is 4.68 Å². The molecule has 0 fully saturated rings. The second-order valence-corrected chi connectivity index (χ2v) is 5.06. The Bertz CT molecular complexity index is 491. The van der Waals surface area contributed by atoms with Crippen LogP contribution in [0.2, 0.25) is 0 Å². The number of ether oxygens (including phenoxy) is 1. The molecule has 0 aliphatic heterocycles. The summed E-state index contributed by atoms with van der Waals surface area (Å²) in [5.74, 6) is -0.341. The Kier molecular flexibility index (Phi) is 5.03. The van der Waals surface area contributed by atoms with Gasteiger partial charge in [-0.3, -0.25) is 0 Å². The highest BCUT2D eigenvalue weighted by Crippen LogP contribution is 2.11. The maximum Gasteiger partial charge on any atom is 0.407 e. The topological polar surface area (TPSA) is 120 Å². The molecule has 112 valence electrons. The second-order valence-electron chi connectivity index (χ2n) is 5.06. The van der Waals surface area contributed by atoms with E-state index in [2.05, 4.69) is 10.4 Å². The number of hydrogen-bond acceptors (Lipinski definition) is 6. The molecule has 0 aromatic carbocycles. The van der Waals surface area contributed by atoms with Crippen LogP contribution in [-0.2, 0) is 17.9 Å². The third-order valence-corrected chi connectivity index (χ3v) is 2.19. The second kappa shape index (κ2) is 6.33. The maximum absolute atomic E-state index is 11.4. The Morgan fingerprint density at radius 3 is 2.75 bits per heavy atom. The number of aliphatic hydroxyl groups is 1. The first-order chi connectivity index (χ1) is 9.23. The number of aliphatic hydroxyl groups excluding tert-OH is 1. The molecule has 1 aromatic rings. The smallest absolute Gasteiger partial charge is 0.407 e. The number of nitrogens with zero attached hydrogens (tertiary/aromatic N) is 3. The molecule has 1 rings (SSSR count). The van der Waals surface area contributed by atoms with Crippen LogP contribution in [-0.4, -0.2) is 38.0 Å². The van der Waals surface area contributed by atoms with Crippen molar-refractivity contribution < 1.29 is 19.6 Å². The normalized spacial score (nSPS) is 11.2. The highest BCUT2D eigenvalue weighted by Gasteiger charge is 2.18. The molecule has 2 N–H and O–H groups in total. The molecule has 0 aliphatic rings. The SMILES string of the molecule is CC(C)(C)OC(=O)NCCn1nc([N+](=O)[O-])cc1CO. The van der Waals surface area contributed by atoms with Crippen molar-refractivity contribution >= 4 is 11.9 Å². The minimum absolute atomic E-state index is 0.181. The average molecular weight is 286 g/mol. The summed E-state index contributed by atoms with van der Waals surface area (Å²) in [5, 5.41) is 25.9. The van der Waals surface area contributed by atoms with Crippen molar-refractivity contribution in [1.82, 2.24) is 15.1 Å². The number of rotatable bonds is 5. The molecule has 0 bridgehead atoms. The van der Waals surface area contributed by atoms with Gasteiger partial charge < -0.3 is 25.3 Å². The van der Waals surface area contributed by atoms with Crippen LogP contribution in [0.1, 0.15) is 26.5 Å². The molecule has 9 heteroatoms. The van der Waals surface area contributed by atoms with E-state index in [-0.39, 0.29) is 25.5 Å². The molecule has 1 heterocycles. The zero-order valence-electron chi connectivity index (χ0n) is 11.6. The van der Waals surface area contributed by atoms with Gasteiger partial charge in [0.15, 0.2) is 0 Å². The molecule has 9 nitrogen and oxygen atoms in total. The van der Waals surface area contributed by atoms with Gasteiger partial charge in [0.05, 0.1) is 30.0 Å². The van der Waals surface area contributed by atoms with Crippen molar-refractivity contribution in [3.63, 3.8) is 0 Å². The van der Waals surface area contributed by atoms with Crippen molar-refractivity contribution in [2.75, 3.05) is 6.54 Å². The van der Waals surface area contributed by atoms with Gasteiger partial charge in [0.25, 0.3) is 0 Å². The van der Waals surface area contributed by atoms with Gasteiger partial charge in [-0.1, -0.05) is 0 Å². The molecule has 0 saturated carbocycles. The zero-order chi connectivity index (χ0) is 15.3. The molecule has 0 radical (unpaired) electrons. The fraction of sp³-hybridized carbons (Fsp3) is 0.636. The molecule has 0 unspecified atom stereocenters. The summed E-state index contributed by atoms with van der Waals surface area (Å²) in [6.45, 7) is 5.24. The lowest BCUT2D eigenvalue weighted by Gasteiger charge is -2.19. The van der Waals surface area contributed by atoms with E-state index >= 15 is 0 Å². The largest absolute Gasteiger partial charge is 0.444 e. The summed E-state index contributed by atoms with van der Waals surface area (Å²) in [5.41, 5.74) is -0.284. The predicted octanol–water partition coefficient (Wildman–Crippen LogP) is 0.808. The van der Waals surface area contributed by atoms with Gasteiger partial charge in [-0.05, 0) is 25.7 Å². The fourth-order valence-electron chi connectivity index (χ4n) is 1.43. The van der Waals surface area contributed by atoms with Gasteiger partial charge in [-0.15, -0.1) is 0 Å². The van der Waals surface area contributed by atoms with Crippen molar-refractivity contribution in [3.8, 4) is 0 Å². The molecular weight excluding hydrogens is 268 g/mol. The monoisotopic (exact) mass is 286 g/mol. The van der Waals surface area contributed by atoms with Crippen LogP contribution < -0.4 is 5.32 Å². The first-order valence-electron chi connectivity index (χ1n) is 6.02. The zero-order valence-corrected chi connectivity index (χ0v) is 11.6. The third-order valence-electron chi connectivity index (χ3n) is 2.19. The number of hydrogen-bond donors (Lipinski definition) is 2. The lowest BCUT2D eigenvalue weighted by Crippen LogP contribution is -2.34. The number of carbonyl (C=O) groups is 1. The summed E-state index contributed by atoms with van der Waals surface area (Å²) >= 11 is 0. The van der Waals surface area contributed by atoms with Gasteiger partial charge in [0, 0.05) is 6.54 Å². The summed E-state index contributed by atoms with van der Waals surface area (Å²) < 4.78 is 6.31. The molecule has 0 aliphatic carbocycles.